The van der Waals surface area contributed by atoms with E-state index in [1.807, 2.05) is 0 Å². The summed E-state index contributed by atoms with van der Waals surface area (Å²) in [6.45, 7) is 1.94. The molecule has 1 aromatic heterocycles. The Morgan fingerprint density at radius 1 is 1.42 bits per heavy atom. The van der Waals surface area contributed by atoms with Gasteiger partial charge in [-0.05, 0) is 12.1 Å². The molecule has 0 bridgehead atoms. The molecule has 2 aromatic rings. The standard InChI is InChI=1S/C11H13N5O3/c1-7-14-10(15-19-7)6-13-9-5-3-4-8(12-2)11(9)16(17)18/h3-5,12-13H,6H2,1-2H3. The zero-order chi connectivity index (χ0) is 13.8. The van der Waals surface area contributed by atoms with Crippen LogP contribution in [0.15, 0.2) is 22.7 Å². The molecule has 1 aromatic carbocycles. The fourth-order valence-electron chi connectivity index (χ4n) is 1.67. The molecule has 0 aliphatic rings. The van der Waals surface area contributed by atoms with Crippen LogP contribution in [0.25, 0.3) is 0 Å². The van der Waals surface area contributed by atoms with Crippen molar-refractivity contribution in [3.63, 3.8) is 0 Å². The van der Waals surface area contributed by atoms with Crippen molar-refractivity contribution in [2.24, 2.45) is 0 Å². The summed E-state index contributed by atoms with van der Waals surface area (Å²) < 4.78 is 4.83. The third-order valence-corrected chi connectivity index (χ3v) is 2.49. The van der Waals surface area contributed by atoms with Gasteiger partial charge in [0.25, 0.3) is 0 Å². The Kier molecular flexibility index (Phi) is 3.60. The second-order valence-corrected chi connectivity index (χ2v) is 3.79. The van der Waals surface area contributed by atoms with Crippen molar-refractivity contribution in [2.45, 2.75) is 13.5 Å². The molecule has 19 heavy (non-hydrogen) atoms. The molecule has 8 nitrogen and oxygen atoms in total. The van der Waals surface area contributed by atoms with Crippen LogP contribution in [0.2, 0.25) is 0 Å². The van der Waals surface area contributed by atoms with Gasteiger partial charge < -0.3 is 15.2 Å². The van der Waals surface area contributed by atoms with E-state index in [1.54, 1.807) is 32.2 Å². The van der Waals surface area contributed by atoms with Crippen molar-refractivity contribution in [2.75, 3.05) is 17.7 Å². The SMILES string of the molecule is CNc1cccc(NCc2noc(C)n2)c1[N+](=O)[O-]. The Labute approximate surface area is 109 Å². The third-order valence-electron chi connectivity index (χ3n) is 2.49. The van der Waals surface area contributed by atoms with Gasteiger partial charge in [0, 0.05) is 14.0 Å². The first-order valence-electron chi connectivity index (χ1n) is 5.60. The predicted octanol–water partition coefficient (Wildman–Crippen LogP) is 1.94. The van der Waals surface area contributed by atoms with Gasteiger partial charge in [0.05, 0.1) is 11.5 Å². The molecule has 0 saturated heterocycles. The van der Waals surface area contributed by atoms with Crippen molar-refractivity contribution in [3.05, 3.63) is 40.0 Å². The zero-order valence-corrected chi connectivity index (χ0v) is 10.5. The van der Waals surface area contributed by atoms with Crippen molar-refractivity contribution >= 4 is 17.1 Å². The molecule has 100 valence electrons. The van der Waals surface area contributed by atoms with Crippen molar-refractivity contribution in [1.82, 2.24) is 10.1 Å². The van der Waals surface area contributed by atoms with Crippen LogP contribution in [0.1, 0.15) is 11.7 Å². The number of para-hydroxylation sites is 1. The number of nitro benzene ring substituents is 1. The molecule has 2 N–H and O–H groups in total. The molecule has 2 rings (SSSR count). The van der Waals surface area contributed by atoms with E-state index in [0.717, 1.165) is 0 Å². The highest BCUT2D eigenvalue weighted by Crippen LogP contribution is 2.32. The van der Waals surface area contributed by atoms with E-state index >= 15 is 0 Å². The van der Waals surface area contributed by atoms with Gasteiger partial charge in [-0.2, -0.15) is 4.98 Å². The molecular weight excluding hydrogens is 250 g/mol. The lowest BCUT2D eigenvalue weighted by Crippen LogP contribution is -2.05. The summed E-state index contributed by atoms with van der Waals surface area (Å²) in [6, 6.07) is 5.00. The maximum Gasteiger partial charge on any atom is 0.315 e. The van der Waals surface area contributed by atoms with E-state index in [0.29, 0.717) is 23.1 Å². The number of aromatic nitrogens is 2. The summed E-state index contributed by atoms with van der Waals surface area (Å²) in [7, 11) is 1.63. The molecule has 0 radical (unpaired) electrons. The van der Waals surface area contributed by atoms with Gasteiger partial charge in [-0.3, -0.25) is 10.1 Å². The summed E-state index contributed by atoms with van der Waals surface area (Å²) >= 11 is 0. The number of hydrogen-bond acceptors (Lipinski definition) is 7. The topological polar surface area (TPSA) is 106 Å². The molecule has 0 unspecified atom stereocenters. The van der Waals surface area contributed by atoms with E-state index < -0.39 is 4.92 Å². The van der Waals surface area contributed by atoms with Crippen LogP contribution in [0.4, 0.5) is 17.1 Å². The summed E-state index contributed by atoms with van der Waals surface area (Å²) in [5.74, 6) is 0.900. The number of hydrogen-bond donors (Lipinski definition) is 2. The Hall–Kier alpha value is -2.64. The fraction of sp³-hybridized carbons (Fsp3) is 0.273. The van der Waals surface area contributed by atoms with E-state index in [4.69, 9.17) is 4.52 Å². The van der Waals surface area contributed by atoms with E-state index in [-0.39, 0.29) is 12.2 Å². The highest BCUT2D eigenvalue weighted by Gasteiger charge is 2.18. The monoisotopic (exact) mass is 263 g/mol. The van der Waals surface area contributed by atoms with Crippen LogP contribution in [0.5, 0.6) is 0 Å². The third kappa shape index (κ3) is 2.79. The quantitative estimate of drug-likeness (QED) is 0.627. The fourth-order valence-corrected chi connectivity index (χ4v) is 1.67. The predicted molar refractivity (Wildman–Crippen MR) is 69.0 cm³/mol. The lowest BCUT2D eigenvalue weighted by atomic mass is 10.2. The van der Waals surface area contributed by atoms with Crippen LogP contribution in [0, 0.1) is 17.0 Å². The smallest absolute Gasteiger partial charge is 0.315 e. The van der Waals surface area contributed by atoms with Crippen LogP contribution in [-0.2, 0) is 6.54 Å². The number of nitrogens with one attached hydrogen (secondary N) is 2. The van der Waals surface area contributed by atoms with Gasteiger partial charge >= 0.3 is 5.69 Å². The number of nitro groups is 1. The Morgan fingerprint density at radius 2 is 2.16 bits per heavy atom. The maximum atomic E-state index is 11.1. The zero-order valence-electron chi connectivity index (χ0n) is 10.5. The van der Waals surface area contributed by atoms with Gasteiger partial charge in [0.1, 0.15) is 11.4 Å². The normalized spacial score (nSPS) is 10.2. The number of benzene rings is 1. The van der Waals surface area contributed by atoms with Crippen LogP contribution in [0.3, 0.4) is 0 Å². The molecule has 0 spiro atoms. The van der Waals surface area contributed by atoms with Gasteiger partial charge in [-0.25, -0.2) is 0 Å². The average Bonchev–Trinajstić information content (AvgIpc) is 2.81. The van der Waals surface area contributed by atoms with Crippen LogP contribution >= 0.6 is 0 Å². The minimum absolute atomic E-state index is 0.00906. The van der Waals surface area contributed by atoms with Gasteiger partial charge in [-0.1, -0.05) is 11.2 Å². The molecule has 0 fully saturated rings. The second-order valence-electron chi connectivity index (χ2n) is 3.79. The van der Waals surface area contributed by atoms with Gasteiger partial charge in [-0.15, -0.1) is 0 Å². The van der Waals surface area contributed by atoms with Gasteiger partial charge in [0.15, 0.2) is 5.82 Å². The number of rotatable bonds is 5. The van der Waals surface area contributed by atoms with Crippen molar-refractivity contribution in [3.8, 4) is 0 Å². The molecule has 0 aliphatic heterocycles. The first-order chi connectivity index (χ1) is 9.11. The average molecular weight is 263 g/mol. The number of aryl methyl sites for hydroxylation is 1. The molecule has 8 heteroatoms. The van der Waals surface area contributed by atoms with Crippen LogP contribution in [-0.4, -0.2) is 22.1 Å². The molecular formula is C11H13N5O3. The summed E-state index contributed by atoms with van der Waals surface area (Å²) in [5, 5.41) is 20.5. The molecule has 0 saturated carbocycles. The van der Waals surface area contributed by atoms with E-state index in [9.17, 15) is 10.1 Å². The number of nitrogens with zero attached hydrogens (tertiary/aromatic N) is 3. The second kappa shape index (κ2) is 5.34. The Balaban J connectivity index is 2.22. The summed E-state index contributed by atoms with van der Waals surface area (Å²) in [4.78, 5) is 14.7. The minimum Gasteiger partial charge on any atom is -0.382 e. The molecule has 0 atom stereocenters. The highest BCUT2D eigenvalue weighted by atomic mass is 16.6. The first-order valence-corrected chi connectivity index (χ1v) is 5.60. The lowest BCUT2D eigenvalue weighted by Gasteiger charge is -2.08. The first kappa shape index (κ1) is 12.8. The minimum atomic E-state index is -0.435. The van der Waals surface area contributed by atoms with Crippen LogP contribution < -0.4 is 10.6 Å². The number of anilines is 2. The molecule has 0 amide bonds. The Bertz CT molecular complexity index is 596. The highest BCUT2D eigenvalue weighted by molar-refractivity contribution is 5.75. The Morgan fingerprint density at radius 3 is 2.74 bits per heavy atom. The van der Waals surface area contributed by atoms with Crippen molar-refractivity contribution < 1.29 is 9.45 Å². The van der Waals surface area contributed by atoms with Gasteiger partial charge in [0.2, 0.25) is 5.89 Å². The lowest BCUT2D eigenvalue weighted by molar-refractivity contribution is -0.383. The van der Waals surface area contributed by atoms with Crippen molar-refractivity contribution in [1.29, 1.82) is 0 Å². The summed E-state index contributed by atoms with van der Waals surface area (Å²) in [5.41, 5.74) is 0.837. The van der Waals surface area contributed by atoms with E-state index in [2.05, 4.69) is 20.8 Å². The maximum absolute atomic E-state index is 11.1. The van der Waals surface area contributed by atoms with E-state index in [1.165, 1.54) is 0 Å². The largest absolute Gasteiger partial charge is 0.382 e. The summed E-state index contributed by atoms with van der Waals surface area (Å²) in [6.07, 6.45) is 0. The molecule has 0 aliphatic carbocycles. The molecule has 1 heterocycles.